The highest BCUT2D eigenvalue weighted by Gasteiger charge is 2.30. The third-order valence-corrected chi connectivity index (χ3v) is 3.51. The summed E-state index contributed by atoms with van der Waals surface area (Å²) < 4.78 is 6.98. The number of piperidine rings is 1. The minimum atomic E-state index is -0.537. The van der Waals surface area contributed by atoms with Crippen LogP contribution in [0.4, 0.5) is 10.5 Å². The average molecular weight is 310 g/mol. The van der Waals surface area contributed by atoms with Crippen LogP contribution in [0.25, 0.3) is 0 Å². The molecule has 2 rings (SSSR count). The van der Waals surface area contributed by atoms with Crippen LogP contribution < -0.4 is 0 Å². The summed E-state index contributed by atoms with van der Waals surface area (Å²) in [6.07, 6.45) is 2.74. The zero-order valence-corrected chi connectivity index (χ0v) is 13.4. The Morgan fingerprint density at radius 2 is 2.18 bits per heavy atom. The molecular formula is C14H22N4O4. The van der Waals surface area contributed by atoms with E-state index in [0.29, 0.717) is 18.8 Å². The Labute approximate surface area is 129 Å². The molecule has 0 radical (unpaired) electrons. The van der Waals surface area contributed by atoms with Gasteiger partial charge in [0.05, 0.1) is 11.0 Å². The molecule has 8 nitrogen and oxygen atoms in total. The van der Waals surface area contributed by atoms with Gasteiger partial charge >= 0.3 is 11.8 Å². The smallest absolute Gasteiger partial charge is 0.410 e. The van der Waals surface area contributed by atoms with Crippen LogP contribution in [-0.4, -0.2) is 44.4 Å². The third kappa shape index (κ3) is 3.75. The number of nitro groups is 1. The second kappa shape index (κ2) is 5.94. The van der Waals surface area contributed by atoms with E-state index in [1.165, 1.54) is 6.20 Å². The highest BCUT2D eigenvalue weighted by atomic mass is 16.6. The summed E-state index contributed by atoms with van der Waals surface area (Å²) in [7, 11) is 0. The molecule has 1 aromatic heterocycles. The second-order valence-electron chi connectivity index (χ2n) is 6.56. The van der Waals surface area contributed by atoms with Crippen LogP contribution in [-0.2, 0) is 4.74 Å². The summed E-state index contributed by atoms with van der Waals surface area (Å²) in [6, 6.07) is -0.0614. The number of aromatic nitrogens is 2. The Morgan fingerprint density at radius 1 is 1.50 bits per heavy atom. The summed E-state index contributed by atoms with van der Waals surface area (Å²) >= 11 is 0. The van der Waals surface area contributed by atoms with Crippen molar-refractivity contribution < 1.29 is 14.5 Å². The predicted molar refractivity (Wildman–Crippen MR) is 79.7 cm³/mol. The maximum Gasteiger partial charge on any atom is 0.410 e. The number of aryl methyl sites for hydroxylation is 1. The monoisotopic (exact) mass is 310 g/mol. The fourth-order valence-corrected chi connectivity index (χ4v) is 2.50. The van der Waals surface area contributed by atoms with E-state index in [1.54, 1.807) is 16.5 Å². The quantitative estimate of drug-likeness (QED) is 0.618. The van der Waals surface area contributed by atoms with Crippen LogP contribution in [0.3, 0.4) is 0 Å². The van der Waals surface area contributed by atoms with Gasteiger partial charge in [-0.1, -0.05) is 0 Å². The first kappa shape index (κ1) is 16.3. The van der Waals surface area contributed by atoms with E-state index in [-0.39, 0.29) is 17.8 Å². The van der Waals surface area contributed by atoms with Crippen LogP contribution in [0, 0.1) is 17.0 Å². The van der Waals surface area contributed by atoms with E-state index in [9.17, 15) is 14.9 Å². The fourth-order valence-electron chi connectivity index (χ4n) is 2.50. The Bertz CT molecular complexity index is 576. The summed E-state index contributed by atoms with van der Waals surface area (Å²) in [4.78, 5) is 24.3. The average Bonchev–Trinajstić information content (AvgIpc) is 2.79. The van der Waals surface area contributed by atoms with Crippen molar-refractivity contribution in [2.45, 2.75) is 52.2 Å². The molecule has 0 unspecified atom stereocenters. The lowest BCUT2D eigenvalue weighted by Gasteiger charge is -2.34. The second-order valence-corrected chi connectivity index (χ2v) is 6.56. The van der Waals surface area contributed by atoms with Crippen LogP contribution in [0.5, 0.6) is 0 Å². The first-order valence-corrected chi connectivity index (χ1v) is 7.35. The SMILES string of the molecule is Cc1nn([C@@H]2CCCN(C(=O)OC(C)(C)C)C2)cc1[N+](=O)[O-]. The van der Waals surface area contributed by atoms with Crippen molar-refractivity contribution >= 4 is 11.8 Å². The lowest BCUT2D eigenvalue weighted by Crippen LogP contribution is -2.43. The van der Waals surface area contributed by atoms with Crippen molar-refractivity contribution in [1.29, 1.82) is 0 Å². The molecule has 1 atom stereocenters. The predicted octanol–water partition coefficient (Wildman–Crippen LogP) is 2.67. The van der Waals surface area contributed by atoms with Gasteiger partial charge in [0.25, 0.3) is 0 Å². The Hall–Kier alpha value is -2.12. The number of nitrogens with zero attached hydrogens (tertiary/aromatic N) is 4. The Morgan fingerprint density at radius 3 is 2.73 bits per heavy atom. The summed E-state index contributed by atoms with van der Waals surface area (Å²) in [5.41, 5.74) is -0.140. The van der Waals surface area contributed by atoms with Crippen molar-refractivity contribution in [2.75, 3.05) is 13.1 Å². The molecule has 0 saturated carbocycles. The Balaban J connectivity index is 2.09. The molecule has 1 fully saturated rings. The first-order chi connectivity index (χ1) is 10.2. The molecule has 8 heteroatoms. The zero-order valence-electron chi connectivity index (χ0n) is 13.4. The molecule has 122 valence electrons. The summed E-state index contributed by atoms with van der Waals surface area (Å²) in [5, 5.41) is 15.1. The molecular weight excluding hydrogens is 288 g/mol. The van der Waals surface area contributed by atoms with Gasteiger partial charge in [0.2, 0.25) is 0 Å². The standard InChI is InChI=1S/C14H22N4O4/c1-10-12(18(20)21)9-17(15-10)11-6-5-7-16(8-11)13(19)22-14(2,3)4/h9,11H,5-8H2,1-4H3/t11-/m1/s1. The van der Waals surface area contributed by atoms with Crippen LogP contribution in [0.2, 0.25) is 0 Å². The lowest BCUT2D eigenvalue weighted by atomic mass is 10.1. The third-order valence-electron chi connectivity index (χ3n) is 3.51. The highest BCUT2D eigenvalue weighted by Crippen LogP contribution is 2.25. The molecule has 22 heavy (non-hydrogen) atoms. The van der Waals surface area contributed by atoms with E-state index in [4.69, 9.17) is 4.74 Å². The minimum Gasteiger partial charge on any atom is -0.444 e. The number of amides is 1. The first-order valence-electron chi connectivity index (χ1n) is 7.35. The van der Waals surface area contributed by atoms with Gasteiger partial charge in [0.1, 0.15) is 17.5 Å². The number of likely N-dealkylation sites (tertiary alicyclic amines) is 1. The van der Waals surface area contributed by atoms with Crippen molar-refractivity contribution in [3.63, 3.8) is 0 Å². The molecule has 1 aliphatic rings. The van der Waals surface area contributed by atoms with E-state index >= 15 is 0 Å². The highest BCUT2D eigenvalue weighted by molar-refractivity contribution is 5.68. The van der Waals surface area contributed by atoms with Gasteiger partial charge in [-0.15, -0.1) is 0 Å². The van der Waals surface area contributed by atoms with Crippen LogP contribution in [0.15, 0.2) is 6.20 Å². The van der Waals surface area contributed by atoms with Crippen LogP contribution >= 0.6 is 0 Å². The van der Waals surface area contributed by atoms with Gasteiger partial charge in [-0.25, -0.2) is 4.79 Å². The minimum absolute atomic E-state index is 0.00870. The largest absolute Gasteiger partial charge is 0.444 e. The maximum atomic E-state index is 12.1. The van der Waals surface area contributed by atoms with Crippen LogP contribution in [0.1, 0.15) is 45.3 Å². The van der Waals surface area contributed by atoms with E-state index in [1.807, 2.05) is 20.8 Å². The van der Waals surface area contributed by atoms with E-state index in [0.717, 1.165) is 12.8 Å². The number of ether oxygens (including phenoxy) is 1. The topological polar surface area (TPSA) is 90.5 Å². The number of carbonyl (C=O) groups excluding carboxylic acids is 1. The molecule has 0 N–H and O–H groups in total. The summed E-state index contributed by atoms with van der Waals surface area (Å²) in [5.74, 6) is 0. The fraction of sp³-hybridized carbons (Fsp3) is 0.714. The lowest BCUT2D eigenvalue weighted by molar-refractivity contribution is -0.385. The van der Waals surface area contributed by atoms with Crippen molar-refractivity contribution in [3.05, 3.63) is 22.0 Å². The zero-order chi connectivity index (χ0) is 16.5. The van der Waals surface area contributed by atoms with Gasteiger partial charge in [0.15, 0.2) is 0 Å². The molecule has 0 spiro atoms. The number of hydrogen-bond donors (Lipinski definition) is 0. The molecule has 1 amide bonds. The van der Waals surface area contributed by atoms with Crippen molar-refractivity contribution in [1.82, 2.24) is 14.7 Å². The Kier molecular flexibility index (Phi) is 4.39. The van der Waals surface area contributed by atoms with Crippen molar-refractivity contribution in [3.8, 4) is 0 Å². The number of carbonyl (C=O) groups is 1. The molecule has 1 aromatic rings. The van der Waals surface area contributed by atoms with Crippen molar-refractivity contribution in [2.24, 2.45) is 0 Å². The van der Waals surface area contributed by atoms with E-state index < -0.39 is 10.5 Å². The van der Waals surface area contributed by atoms with E-state index in [2.05, 4.69) is 5.10 Å². The molecule has 1 aliphatic heterocycles. The van der Waals surface area contributed by atoms with Gasteiger partial charge < -0.3 is 9.64 Å². The van der Waals surface area contributed by atoms with Gasteiger partial charge in [-0.05, 0) is 40.5 Å². The normalized spacial score (nSPS) is 19.1. The number of hydrogen-bond acceptors (Lipinski definition) is 5. The van der Waals surface area contributed by atoms with Gasteiger partial charge in [0, 0.05) is 13.1 Å². The summed E-state index contributed by atoms with van der Waals surface area (Å²) in [6.45, 7) is 8.18. The molecule has 0 aliphatic carbocycles. The maximum absolute atomic E-state index is 12.1. The van der Waals surface area contributed by atoms with Gasteiger partial charge in [-0.3, -0.25) is 14.8 Å². The molecule has 1 saturated heterocycles. The molecule has 0 bridgehead atoms. The molecule has 2 heterocycles. The molecule has 0 aromatic carbocycles. The van der Waals surface area contributed by atoms with Gasteiger partial charge in [-0.2, -0.15) is 5.10 Å². The number of rotatable bonds is 2.